The van der Waals surface area contributed by atoms with Crippen LogP contribution in [0.3, 0.4) is 0 Å². The monoisotopic (exact) mass is 363 g/mol. The largest absolute Gasteiger partial charge is 0.381 e. The maximum Gasteiger partial charge on any atom is 0.114 e. The summed E-state index contributed by atoms with van der Waals surface area (Å²) in [6.45, 7) is 0.937. The number of hydrogen-bond acceptors (Lipinski definition) is 3. The molecule has 2 aliphatic rings. The van der Waals surface area contributed by atoms with Gasteiger partial charge in [-0.1, -0.05) is 28.8 Å². The van der Waals surface area contributed by atoms with E-state index in [1.54, 1.807) is 0 Å². The predicted molar refractivity (Wildman–Crippen MR) is 95.7 cm³/mol. The summed E-state index contributed by atoms with van der Waals surface area (Å²) in [6.07, 6.45) is 5.25. The minimum absolute atomic E-state index is 0.618. The molecule has 0 saturated heterocycles. The van der Waals surface area contributed by atoms with E-state index in [2.05, 4.69) is 49.4 Å². The maximum atomic E-state index is 4.57. The molecule has 0 spiro atoms. The fraction of sp³-hybridized carbons (Fsp3) is 0.438. The molecule has 1 saturated carbocycles. The van der Waals surface area contributed by atoms with Gasteiger partial charge < -0.3 is 10.3 Å². The van der Waals surface area contributed by atoms with Crippen LogP contribution in [0.2, 0.25) is 0 Å². The van der Waals surface area contributed by atoms with E-state index in [4.69, 9.17) is 0 Å². The Balaban J connectivity index is 1.74. The Kier molecular flexibility index (Phi) is 3.71. The number of fused-ring (bicyclic) bond motifs is 1. The zero-order valence-corrected chi connectivity index (χ0v) is 14.2. The summed E-state index contributed by atoms with van der Waals surface area (Å²) < 4.78 is 1.13. The lowest BCUT2D eigenvalue weighted by atomic mass is 10.2. The van der Waals surface area contributed by atoms with Crippen LogP contribution in [0.15, 0.2) is 27.7 Å². The second-order valence-electron chi connectivity index (χ2n) is 5.76. The van der Waals surface area contributed by atoms with Gasteiger partial charge in [0.15, 0.2) is 0 Å². The fourth-order valence-corrected chi connectivity index (χ4v) is 4.52. The molecule has 21 heavy (non-hydrogen) atoms. The lowest BCUT2D eigenvalue weighted by Crippen LogP contribution is -2.14. The lowest BCUT2D eigenvalue weighted by Gasteiger charge is -2.14. The average molecular weight is 364 g/mol. The van der Waals surface area contributed by atoms with Crippen molar-refractivity contribution in [2.75, 3.05) is 17.6 Å². The van der Waals surface area contributed by atoms with Gasteiger partial charge in [-0.3, -0.25) is 4.99 Å². The number of H-pyrrole nitrogens is 1. The number of benzene rings is 1. The summed E-state index contributed by atoms with van der Waals surface area (Å²) in [6, 6.07) is 7.20. The molecule has 110 valence electrons. The number of halogens is 1. The molecule has 3 nitrogen and oxygen atoms in total. The highest BCUT2D eigenvalue weighted by Crippen LogP contribution is 2.32. The van der Waals surface area contributed by atoms with E-state index in [0.717, 1.165) is 27.5 Å². The van der Waals surface area contributed by atoms with Gasteiger partial charge in [0.05, 0.1) is 16.9 Å². The minimum atomic E-state index is 0.618. The number of hydrogen-bond donors (Lipinski definition) is 2. The average Bonchev–Trinajstić information content (AvgIpc) is 3.19. The summed E-state index contributed by atoms with van der Waals surface area (Å²) in [7, 11) is 0. The van der Waals surface area contributed by atoms with Gasteiger partial charge >= 0.3 is 0 Å². The summed E-state index contributed by atoms with van der Waals surface area (Å²) in [4.78, 5) is 8.15. The Morgan fingerprint density at radius 3 is 2.86 bits per heavy atom. The fourth-order valence-electron chi connectivity index (χ4n) is 3.22. The molecule has 1 aromatic carbocycles. The van der Waals surface area contributed by atoms with Crippen LogP contribution in [0.1, 0.15) is 31.4 Å². The van der Waals surface area contributed by atoms with Crippen molar-refractivity contribution in [3.8, 4) is 0 Å². The van der Waals surface area contributed by atoms with Crippen LogP contribution in [0.5, 0.6) is 0 Å². The van der Waals surface area contributed by atoms with Crippen molar-refractivity contribution >= 4 is 49.3 Å². The topological polar surface area (TPSA) is 40.2 Å². The first kappa shape index (κ1) is 13.7. The van der Waals surface area contributed by atoms with Gasteiger partial charge in [-0.25, -0.2) is 0 Å². The van der Waals surface area contributed by atoms with Crippen LogP contribution in [0.25, 0.3) is 10.9 Å². The van der Waals surface area contributed by atoms with E-state index in [-0.39, 0.29) is 0 Å². The van der Waals surface area contributed by atoms with Crippen molar-refractivity contribution in [3.05, 3.63) is 28.4 Å². The van der Waals surface area contributed by atoms with E-state index >= 15 is 0 Å². The summed E-state index contributed by atoms with van der Waals surface area (Å²) in [5.41, 5.74) is 3.57. The van der Waals surface area contributed by atoms with E-state index in [1.165, 1.54) is 42.3 Å². The third-order valence-corrected chi connectivity index (χ3v) is 5.69. The molecule has 1 aliphatic heterocycles. The van der Waals surface area contributed by atoms with E-state index in [1.807, 2.05) is 11.8 Å². The molecule has 2 aromatic rings. The van der Waals surface area contributed by atoms with E-state index < -0.39 is 0 Å². The molecule has 4 rings (SSSR count). The number of rotatable bonds is 3. The van der Waals surface area contributed by atoms with Gasteiger partial charge in [-0.15, -0.1) is 11.8 Å². The minimum Gasteiger partial charge on any atom is -0.381 e. The zero-order chi connectivity index (χ0) is 14.2. The highest BCUT2D eigenvalue weighted by atomic mass is 79.9. The quantitative estimate of drug-likeness (QED) is 0.823. The van der Waals surface area contributed by atoms with Crippen molar-refractivity contribution in [1.29, 1.82) is 0 Å². The second kappa shape index (κ2) is 5.69. The highest BCUT2D eigenvalue weighted by Gasteiger charge is 2.18. The van der Waals surface area contributed by atoms with Gasteiger partial charge in [-0.2, -0.15) is 0 Å². The van der Waals surface area contributed by atoms with Crippen LogP contribution in [-0.2, 0) is 0 Å². The SMILES string of the molecule is Brc1cc(NC2CCCC2)c2[nH]c(C3=NCCS3)cc2c1. The number of aromatic amines is 1. The molecule has 0 unspecified atom stereocenters. The first-order chi connectivity index (χ1) is 10.3. The Bertz CT molecular complexity index is 701. The Hall–Kier alpha value is -0.940. The van der Waals surface area contributed by atoms with Gasteiger partial charge in [0, 0.05) is 28.2 Å². The molecule has 0 atom stereocenters. The summed E-state index contributed by atoms with van der Waals surface area (Å²) in [5, 5.41) is 6.11. The molecule has 2 heterocycles. The predicted octanol–water partition coefficient (Wildman–Crippen LogP) is 4.78. The third kappa shape index (κ3) is 2.73. The molecule has 0 bridgehead atoms. The molecule has 0 radical (unpaired) electrons. The first-order valence-electron chi connectivity index (χ1n) is 7.56. The molecule has 1 fully saturated rings. The van der Waals surface area contributed by atoms with Gasteiger partial charge in [0.1, 0.15) is 5.04 Å². The molecular formula is C16H18BrN3S. The lowest BCUT2D eigenvalue weighted by molar-refractivity contribution is 0.756. The molecule has 5 heteroatoms. The smallest absolute Gasteiger partial charge is 0.114 e. The number of anilines is 1. The molecule has 2 N–H and O–H groups in total. The molecule has 0 amide bonds. The zero-order valence-electron chi connectivity index (χ0n) is 11.8. The Morgan fingerprint density at radius 1 is 1.24 bits per heavy atom. The highest BCUT2D eigenvalue weighted by molar-refractivity contribution is 9.10. The Morgan fingerprint density at radius 2 is 2.10 bits per heavy atom. The van der Waals surface area contributed by atoms with Crippen molar-refractivity contribution in [3.63, 3.8) is 0 Å². The molecule has 1 aromatic heterocycles. The van der Waals surface area contributed by atoms with Crippen molar-refractivity contribution < 1.29 is 0 Å². The normalized spacial score (nSPS) is 19.4. The first-order valence-corrected chi connectivity index (χ1v) is 9.34. The molecule has 1 aliphatic carbocycles. The number of aromatic nitrogens is 1. The van der Waals surface area contributed by atoms with E-state index in [0.29, 0.717) is 6.04 Å². The summed E-state index contributed by atoms with van der Waals surface area (Å²) in [5.74, 6) is 1.10. The second-order valence-corrected chi connectivity index (χ2v) is 7.76. The van der Waals surface area contributed by atoms with Gasteiger partial charge in [0.25, 0.3) is 0 Å². The van der Waals surface area contributed by atoms with Crippen LogP contribution >= 0.6 is 27.7 Å². The van der Waals surface area contributed by atoms with Crippen LogP contribution in [0, 0.1) is 0 Å². The van der Waals surface area contributed by atoms with Crippen LogP contribution < -0.4 is 5.32 Å². The number of nitrogens with one attached hydrogen (secondary N) is 2. The van der Waals surface area contributed by atoms with Gasteiger partial charge in [0.2, 0.25) is 0 Å². The number of aliphatic imine (C=N–C) groups is 1. The summed E-state index contributed by atoms with van der Waals surface area (Å²) >= 11 is 5.48. The number of nitrogens with zero attached hydrogens (tertiary/aromatic N) is 1. The maximum absolute atomic E-state index is 4.57. The standard InChI is InChI=1S/C16H18BrN3S/c17-11-7-10-8-14(16-18-5-6-21-16)20-15(10)13(9-11)19-12-3-1-2-4-12/h7-9,12,19-20H,1-6H2. The third-order valence-electron chi connectivity index (χ3n) is 4.22. The van der Waals surface area contributed by atoms with Crippen molar-refractivity contribution in [2.24, 2.45) is 4.99 Å². The van der Waals surface area contributed by atoms with Gasteiger partial charge in [-0.05, 0) is 31.0 Å². The van der Waals surface area contributed by atoms with Crippen LogP contribution in [0.4, 0.5) is 5.69 Å². The van der Waals surface area contributed by atoms with Crippen LogP contribution in [-0.4, -0.2) is 28.4 Å². The number of thioether (sulfide) groups is 1. The molecular weight excluding hydrogens is 346 g/mol. The Labute approximate surface area is 137 Å². The van der Waals surface area contributed by atoms with Crippen molar-refractivity contribution in [2.45, 2.75) is 31.7 Å². The van der Waals surface area contributed by atoms with E-state index in [9.17, 15) is 0 Å². The van der Waals surface area contributed by atoms with Crippen molar-refractivity contribution in [1.82, 2.24) is 4.98 Å².